The average molecular weight is 196 g/mol. The fourth-order valence-electron chi connectivity index (χ4n) is 2.86. The highest BCUT2D eigenvalue weighted by molar-refractivity contribution is 4.87. The highest BCUT2D eigenvalue weighted by atomic mass is 15.2. The Kier molecular flexibility index (Phi) is 3.13. The van der Waals surface area contributed by atoms with Gasteiger partial charge < -0.3 is 10.2 Å². The summed E-state index contributed by atoms with van der Waals surface area (Å²) < 4.78 is 0. The predicted molar refractivity (Wildman–Crippen MR) is 60.4 cm³/mol. The van der Waals surface area contributed by atoms with Gasteiger partial charge >= 0.3 is 0 Å². The first-order valence-electron chi connectivity index (χ1n) is 6.09. The van der Waals surface area contributed by atoms with Gasteiger partial charge in [-0.1, -0.05) is 13.8 Å². The molecule has 0 spiro atoms. The molecule has 14 heavy (non-hydrogen) atoms. The fourth-order valence-corrected chi connectivity index (χ4v) is 2.86. The molecule has 0 aliphatic carbocycles. The molecule has 2 rings (SSSR count). The van der Waals surface area contributed by atoms with Crippen LogP contribution in [0, 0.1) is 11.3 Å². The lowest BCUT2D eigenvalue weighted by Crippen LogP contribution is -2.53. The molecule has 82 valence electrons. The van der Waals surface area contributed by atoms with Crippen LogP contribution in [-0.4, -0.2) is 37.6 Å². The molecule has 2 fully saturated rings. The standard InChI is InChI=1S/C12H24N2/c1-12(2)9-14(10-12)7-5-11-4-3-6-13-8-11/h11,13H,3-10H2,1-2H3. The number of rotatable bonds is 3. The summed E-state index contributed by atoms with van der Waals surface area (Å²) in [6.45, 7) is 11.2. The van der Waals surface area contributed by atoms with Crippen LogP contribution in [0.25, 0.3) is 0 Å². The minimum atomic E-state index is 0.602. The Bertz CT molecular complexity index is 175. The lowest BCUT2D eigenvalue weighted by Gasteiger charge is -2.46. The van der Waals surface area contributed by atoms with Gasteiger partial charge in [0.2, 0.25) is 0 Å². The van der Waals surface area contributed by atoms with E-state index in [2.05, 4.69) is 24.1 Å². The van der Waals surface area contributed by atoms with E-state index in [0.29, 0.717) is 5.41 Å². The Morgan fingerprint density at radius 2 is 2.14 bits per heavy atom. The van der Waals surface area contributed by atoms with Crippen molar-refractivity contribution < 1.29 is 0 Å². The van der Waals surface area contributed by atoms with Gasteiger partial charge in [0, 0.05) is 13.1 Å². The second kappa shape index (κ2) is 4.19. The Balaban J connectivity index is 1.59. The first-order valence-corrected chi connectivity index (χ1v) is 6.09. The molecule has 2 aliphatic rings. The van der Waals surface area contributed by atoms with Crippen LogP contribution in [0.3, 0.4) is 0 Å². The Morgan fingerprint density at radius 3 is 2.71 bits per heavy atom. The summed E-state index contributed by atoms with van der Waals surface area (Å²) in [6.07, 6.45) is 4.24. The first kappa shape index (κ1) is 10.4. The molecular formula is C12H24N2. The van der Waals surface area contributed by atoms with Crippen LogP contribution in [-0.2, 0) is 0 Å². The first-order chi connectivity index (χ1) is 6.66. The summed E-state index contributed by atoms with van der Waals surface area (Å²) in [7, 11) is 0. The largest absolute Gasteiger partial charge is 0.316 e. The highest BCUT2D eigenvalue weighted by Crippen LogP contribution is 2.29. The van der Waals surface area contributed by atoms with Gasteiger partial charge in [-0.25, -0.2) is 0 Å². The topological polar surface area (TPSA) is 15.3 Å². The van der Waals surface area contributed by atoms with Gasteiger partial charge in [0.1, 0.15) is 0 Å². The molecule has 2 nitrogen and oxygen atoms in total. The second-order valence-electron chi connectivity index (χ2n) is 5.88. The number of nitrogens with zero attached hydrogens (tertiary/aromatic N) is 1. The molecule has 0 aromatic carbocycles. The summed E-state index contributed by atoms with van der Waals surface area (Å²) in [4.78, 5) is 2.61. The molecule has 1 unspecified atom stereocenters. The van der Waals surface area contributed by atoms with E-state index >= 15 is 0 Å². The molecule has 0 amide bonds. The van der Waals surface area contributed by atoms with Gasteiger partial charge in [0.05, 0.1) is 0 Å². The second-order valence-corrected chi connectivity index (χ2v) is 5.88. The maximum Gasteiger partial charge on any atom is 0.00452 e. The molecule has 2 heteroatoms. The molecule has 0 aromatic heterocycles. The zero-order chi connectivity index (χ0) is 10.0. The average Bonchev–Trinajstić information content (AvgIpc) is 2.13. The van der Waals surface area contributed by atoms with Crippen molar-refractivity contribution in [3.63, 3.8) is 0 Å². The van der Waals surface area contributed by atoms with Crippen molar-refractivity contribution in [3.8, 4) is 0 Å². The summed E-state index contributed by atoms with van der Waals surface area (Å²) in [5, 5.41) is 3.49. The van der Waals surface area contributed by atoms with Gasteiger partial charge in [0.25, 0.3) is 0 Å². The van der Waals surface area contributed by atoms with Gasteiger partial charge in [-0.2, -0.15) is 0 Å². The van der Waals surface area contributed by atoms with Crippen LogP contribution < -0.4 is 5.32 Å². The van der Waals surface area contributed by atoms with Crippen LogP contribution in [0.15, 0.2) is 0 Å². The molecule has 2 saturated heterocycles. The molecule has 0 bridgehead atoms. The zero-order valence-electron chi connectivity index (χ0n) is 9.68. The van der Waals surface area contributed by atoms with Crippen molar-refractivity contribution in [1.82, 2.24) is 10.2 Å². The van der Waals surface area contributed by atoms with E-state index in [9.17, 15) is 0 Å². The summed E-state index contributed by atoms with van der Waals surface area (Å²) in [5.41, 5.74) is 0.602. The molecule has 0 saturated carbocycles. The lowest BCUT2D eigenvalue weighted by atomic mass is 9.84. The van der Waals surface area contributed by atoms with Crippen molar-refractivity contribution >= 4 is 0 Å². The SMILES string of the molecule is CC1(C)CN(CCC2CCCNC2)C1. The van der Waals surface area contributed by atoms with Crippen molar-refractivity contribution in [2.45, 2.75) is 33.1 Å². The van der Waals surface area contributed by atoms with Crippen molar-refractivity contribution in [2.24, 2.45) is 11.3 Å². The minimum absolute atomic E-state index is 0.602. The quantitative estimate of drug-likeness (QED) is 0.739. The predicted octanol–water partition coefficient (Wildman–Crippen LogP) is 1.72. The Hall–Kier alpha value is -0.0800. The van der Waals surface area contributed by atoms with E-state index in [1.54, 1.807) is 0 Å². The zero-order valence-corrected chi connectivity index (χ0v) is 9.68. The lowest BCUT2D eigenvalue weighted by molar-refractivity contribution is 0.0259. The van der Waals surface area contributed by atoms with Crippen molar-refractivity contribution in [1.29, 1.82) is 0 Å². The molecule has 0 radical (unpaired) electrons. The van der Waals surface area contributed by atoms with Crippen LogP contribution >= 0.6 is 0 Å². The Morgan fingerprint density at radius 1 is 1.36 bits per heavy atom. The number of hydrogen-bond donors (Lipinski definition) is 1. The molecule has 1 atom stereocenters. The maximum absolute atomic E-state index is 3.49. The van der Waals surface area contributed by atoms with Crippen molar-refractivity contribution in [2.75, 3.05) is 32.7 Å². The summed E-state index contributed by atoms with van der Waals surface area (Å²) in [5.74, 6) is 0.951. The summed E-state index contributed by atoms with van der Waals surface area (Å²) >= 11 is 0. The molecule has 1 N–H and O–H groups in total. The molecular weight excluding hydrogens is 172 g/mol. The van der Waals surface area contributed by atoms with E-state index in [1.807, 2.05) is 0 Å². The molecule has 2 heterocycles. The fraction of sp³-hybridized carbons (Fsp3) is 1.00. The smallest absolute Gasteiger partial charge is 0.00452 e. The molecule has 0 aromatic rings. The van der Waals surface area contributed by atoms with Crippen LogP contribution in [0.4, 0.5) is 0 Å². The van der Waals surface area contributed by atoms with E-state index in [4.69, 9.17) is 0 Å². The van der Waals surface area contributed by atoms with Crippen LogP contribution in [0.5, 0.6) is 0 Å². The van der Waals surface area contributed by atoms with Gasteiger partial charge in [-0.05, 0) is 50.2 Å². The number of nitrogens with one attached hydrogen (secondary N) is 1. The number of piperidine rings is 1. The summed E-state index contributed by atoms with van der Waals surface area (Å²) in [6, 6.07) is 0. The van der Waals surface area contributed by atoms with Gasteiger partial charge in [-0.15, -0.1) is 0 Å². The minimum Gasteiger partial charge on any atom is -0.316 e. The number of likely N-dealkylation sites (tertiary alicyclic amines) is 1. The van der Waals surface area contributed by atoms with E-state index < -0.39 is 0 Å². The van der Waals surface area contributed by atoms with Gasteiger partial charge in [-0.3, -0.25) is 0 Å². The highest BCUT2D eigenvalue weighted by Gasteiger charge is 2.33. The van der Waals surface area contributed by atoms with E-state index in [-0.39, 0.29) is 0 Å². The van der Waals surface area contributed by atoms with Gasteiger partial charge in [0.15, 0.2) is 0 Å². The third-order valence-corrected chi connectivity index (χ3v) is 3.56. The van der Waals surface area contributed by atoms with Crippen LogP contribution in [0.1, 0.15) is 33.1 Å². The van der Waals surface area contributed by atoms with E-state index in [1.165, 1.54) is 52.0 Å². The Labute approximate surface area is 88.1 Å². The van der Waals surface area contributed by atoms with Crippen LogP contribution in [0.2, 0.25) is 0 Å². The van der Waals surface area contributed by atoms with E-state index in [0.717, 1.165) is 5.92 Å². The molecule has 2 aliphatic heterocycles. The monoisotopic (exact) mass is 196 g/mol. The third kappa shape index (κ3) is 2.71. The maximum atomic E-state index is 3.49. The normalized spacial score (nSPS) is 32.6. The third-order valence-electron chi connectivity index (χ3n) is 3.56. The van der Waals surface area contributed by atoms with Crippen molar-refractivity contribution in [3.05, 3.63) is 0 Å². The number of hydrogen-bond acceptors (Lipinski definition) is 2.